The highest BCUT2D eigenvalue weighted by atomic mass is 32.2. The van der Waals surface area contributed by atoms with Crippen molar-refractivity contribution in [1.82, 2.24) is 4.31 Å². The van der Waals surface area contributed by atoms with Gasteiger partial charge in [-0.3, -0.25) is 4.79 Å². The molecule has 1 unspecified atom stereocenters. The van der Waals surface area contributed by atoms with Gasteiger partial charge in [-0.05, 0) is 25.3 Å². The van der Waals surface area contributed by atoms with Gasteiger partial charge in [0.1, 0.15) is 5.78 Å². The molecule has 5 heteroatoms. The Hall–Kier alpha value is -1.20. The molecule has 1 aliphatic heterocycles. The Morgan fingerprint density at radius 1 is 1.25 bits per heavy atom. The fourth-order valence-electron chi connectivity index (χ4n) is 2.74. The van der Waals surface area contributed by atoms with Crippen LogP contribution in [0.4, 0.5) is 0 Å². The lowest BCUT2D eigenvalue weighted by atomic mass is 10.0. The van der Waals surface area contributed by atoms with E-state index < -0.39 is 10.0 Å². The first kappa shape index (κ1) is 15.2. The van der Waals surface area contributed by atoms with E-state index in [1.54, 1.807) is 4.31 Å². The fourth-order valence-corrected chi connectivity index (χ4v) is 4.56. The van der Waals surface area contributed by atoms with Crippen LogP contribution in [0.15, 0.2) is 30.3 Å². The standard InChI is InChI=1S/C15H21NO3S/c1-13(17)11-15-9-5-6-10-16(15)20(18,19)12-14-7-3-2-4-8-14/h2-4,7-8,15H,5-6,9-12H2,1H3. The van der Waals surface area contributed by atoms with Gasteiger partial charge in [0.25, 0.3) is 0 Å². The summed E-state index contributed by atoms with van der Waals surface area (Å²) >= 11 is 0. The molecule has 1 heterocycles. The molecule has 110 valence electrons. The lowest BCUT2D eigenvalue weighted by molar-refractivity contribution is -0.118. The summed E-state index contributed by atoms with van der Waals surface area (Å²) in [6, 6.07) is 9.04. The van der Waals surface area contributed by atoms with Crippen molar-refractivity contribution in [3.05, 3.63) is 35.9 Å². The molecule has 1 saturated heterocycles. The number of piperidine rings is 1. The maximum atomic E-state index is 12.6. The molecule has 4 nitrogen and oxygen atoms in total. The first-order valence-electron chi connectivity index (χ1n) is 7.02. The first-order chi connectivity index (χ1) is 9.49. The smallest absolute Gasteiger partial charge is 0.218 e. The number of sulfonamides is 1. The minimum Gasteiger partial charge on any atom is -0.300 e. The van der Waals surface area contributed by atoms with Gasteiger partial charge in [-0.1, -0.05) is 36.8 Å². The van der Waals surface area contributed by atoms with Gasteiger partial charge >= 0.3 is 0 Å². The van der Waals surface area contributed by atoms with Crippen LogP contribution in [0.3, 0.4) is 0 Å². The quantitative estimate of drug-likeness (QED) is 0.838. The van der Waals surface area contributed by atoms with Crippen LogP contribution in [0.1, 0.15) is 38.2 Å². The molecule has 0 N–H and O–H groups in total. The van der Waals surface area contributed by atoms with Crippen LogP contribution in [0, 0.1) is 0 Å². The zero-order valence-electron chi connectivity index (χ0n) is 11.8. The summed E-state index contributed by atoms with van der Waals surface area (Å²) in [5.41, 5.74) is 0.791. The van der Waals surface area contributed by atoms with Crippen molar-refractivity contribution in [3.8, 4) is 0 Å². The molecule has 0 bridgehead atoms. The van der Waals surface area contributed by atoms with Crippen LogP contribution in [0.5, 0.6) is 0 Å². The molecule has 1 atom stereocenters. The van der Waals surface area contributed by atoms with Crippen molar-refractivity contribution < 1.29 is 13.2 Å². The van der Waals surface area contributed by atoms with Crippen LogP contribution in [-0.4, -0.2) is 31.1 Å². The molecule has 0 aliphatic carbocycles. The molecule has 0 radical (unpaired) electrons. The van der Waals surface area contributed by atoms with Crippen molar-refractivity contribution in [2.45, 2.75) is 44.4 Å². The Bertz CT molecular complexity index is 554. The zero-order valence-corrected chi connectivity index (χ0v) is 12.6. The summed E-state index contributed by atoms with van der Waals surface area (Å²) < 4.78 is 26.7. The number of nitrogens with zero attached hydrogens (tertiary/aromatic N) is 1. The molecule has 0 spiro atoms. The fraction of sp³-hybridized carbons (Fsp3) is 0.533. The summed E-state index contributed by atoms with van der Waals surface area (Å²) in [5.74, 6) is 0.0687. The third-order valence-electron chi connectivity index (χ3n) is 3.65. The summed E-state index contributed by atoms with van der Waals surface area (Å²) in [4.78, 5) is 11.3. The number of carbonyl (C=O) groups excluding carboxylic acids is 1. The van der Waals surface area contributed by atoms with Crippen LogP contribution >= 0.6 is 0 Å². The number of benzene rings is 1. The Labute approximate surface area is 120 Å². The predicted octanol–water partition coefficient (Wildman–Crippen LogP) is 2.35. The van der Waals surface area contributed by atoms with E-state index in [2.05, 4.69) is 0 Å². The minimum absolute atomic E-state index is 0.0161. The molecule has 0 saturated carbocycles. The van der Waals surface area contributed by atoms with E-state index >= 15 is 0 Å². The SMILES string of the molecule is CC(=O)CC1CCCCN1S(=O)(=O)Cc1ccccc1. The van der Waals surface area contributed by atoms with Gasteiger partial charge in [0, 0.05) is 19.0 Å². The highest BCUT2D eigenvalue weighted by Crippen LogP contribution is 2.25. The van der Waals surface area contributed by atoms with Crippen LogP contribution < -0.4 is 0 Å². The molecular formula is C15H21NO3S. The molecule has 0 amide bonds. The van der Waals surface area contributed by atoms with E-state index in [4.69, 9.17) is 0 Å². The summed E-state index contributed by atoms with van der Waals surface area (Å²) in [6.45, 7) is 2.06. The van der Waals surface area contributed by atoms with Crippen molar-refractivity contribution in [1.29, 1.82) is 0 Å². The third kappa shape index (κ3) is 3.90. The van der Waals surface area contributed by atoms with Gasteiger partial charge in [0.15, 0.2) is 0 Å². The number of carbonyl (C=O) groups is 1. The number of hydrogen-bond donors (Lipinski definition) is 0. The Kier molecular flexibility index (Phi) is 4.94. The molecule has 1 aromatic rings. The summed E-state index contributed by atoms with van der Waals surface area (Å²) in [5, 5.41) is 0. The highest BCUT2D eigenvalue weighted by molar-refractivity contribution is 7.88. The molecule has 1 fully saturated rings. The lowest BCUT2D eigenvalue weighted by Gasteiger charge is -2.34. The lowest BCUT2D eigenvalue weighted by Crippen LogP contribution is -2.44. The van der Waals surface area contributed by atoms with E-state index in [1.807, 2.05) is 30.3 Å². The maximum absolute atomic E-state index is 12.6. The largest absolute Gasteiger partial charge is 0.300 e. The third-order valence-corrected chi connectivity index (χ3v) is 5.54. The zero-order chi connectivity index (χ0) is 14.6. The second kappa shape index (κ2) is 6.50. The van der Waals surface area contributed by atoms with Gasteiger partial charge in [0.2, 0.25) is 10.0 Å². The molecular weight excluding hydrogens is 274 g/mol. The second-order valence-electron chi connectivity index (χ2n) is 5.41. The van der Waals surface area contributed by atoms with Crippen LogP contribution in [-0.2, 0) is 20.6 Å². The van der Waals surface area contributed by atoms with Gasteiger partial charge in [-0.2, -0.15) is 4.31 Å². The minimum atomic E-state index is -3.35. The van der Waals surface area contributed by atoms with E-state index in [1.165, 1.54) is 6.92 Å². The first-order valence-corrected chi connectivity index (χ1v) is 8.63. The molecule has 2 rings (SSSR count). The monoisotopic (exact) mass is 295 g/mol. The van der Waals surface area contributed by atoms with E-state index in [-0.39, 0.29) is 17.6 Å². The molecule has 1 aliphatic rings. The summed E-state index contributed by atoms with van der Waals surface area (Å²) in [7, 11) is -3.35. The molecule has 0 aromatic heterocycles. The average molecular weight is 295 g/mol. The number of hydrogen-bond acceptors (Lipinski definition) is 3. The molecule has 1 aromatic carbocycles. The second-order valence-corrected chi connectivity index (χ2v) is 7.33. The average Bonchev–Trinajstić information content (AvgIpc) is 2.39. The topological polar surface area (TPSA) is 54.5 Å². The predicted molar refractivity (Wildman–Crippen MR) is 78.7 cm³/mol. The number of ketones is 1. The highest BCUT2D eigenvalue weighted by Gasteiger charge is 2.32. The Balaban J connectivity index is 2.15. The van der Waals surface area contributed by atoms with Crippen molar-refractivity contribution >= 4 is 15.8 Å². The van der Waals surface area contributed by atoms with Gasteiger partial charge < -0.3 is 0 Å². The Morgan fingerprint density at radius 3 is 2.60 bits per heavy atom. The van der Waals surface area contributed by atoms with E-state index in [0.29, 0.717) is 13.0 Å². The van der Waals surface area contributed by atoms with Crippen molar-refractivity contribution in [3.63, 3.8) is 0 Å². The van der Waals surface area contributed by atoms with Crippen molar-refractivity contribution in [2.75, 3.05) is 6.54 Å². The van der Waals surface area contributed by atoms with Gasteiger partial charge in [-0.25, -0.2) is 8.42 Å². The van der Waals surface area contributed by atoms with Gasteiger partial charge in [-0.15, -0.1) is 0 Å². The van der Waals surface area contributed by atoms with Gasteiger partial charge in [0.05, 0.1) is 5.75 Å². The maximum Gasteiger partial charge on any atom is 0.218 e. The summed E-state index contributed by atoms with van der Waals surface area (Å²) in [6.07, 6.45) is 2.99. The Morgan fingerprint density at radius 2 is 1.95 bits per heavy atom. The van der Waals surface area contributed by atoms with E-state index in [0.717, 1.165) is 24.8 Å². The van der Waals surface area contributed by atoms with Crippen molar-refractivity contribution in [2.24, 2.45) is 0 Å². The number of rotatable bonds is 5. The molecule has 20 heavy (non-hydrogen) atoms. The number of Topliss-reactive ketones (excluding diaryl/α,β-unsaturated/α-hetero) is 1. The van der Waals surface area contributed by atoms with Crippen LogP contribution in [0.25, 0.3) is 0 Å². The van der Waals surface area contributed by atoms with E-state index in [9.17, 15) is 13.2 Å². The van der Waals surface area contributed by atoms with Crippen LogP contribution in [0.2, 0.25) is 0 Å². The normalized spacial score (nSPS) is 20.8.